The molecule has 0 amide bonds. The Hall–Kier alpha value is -1.42. The van der Waals surface area contributed by atoms with E-state index in [1.54, 1.807) is 0 Å². The Kier molecular flexibility index (Phi) is 3.78. The lowest BCUT2D eigenvalue weighted by atomic mass is 9.96. The van der Waals surface area contributed by atoms with Gasteiger partial charge in [0.1, 0.15) is 11.3 Å². The maximum Gasteiger partial charge on any atom is 0.110 e. The summed E-state index contributed by atoms with van der Waals surface area (Å²) < 4.78 is 2.38. The highest BCUT2D eigenvalue weighted by atomic mass is 15.1. The molecule has 1 N–H and O–H groups in total. The summed E-state index contributed by atoms with van der Waals surface area (Å²) in [6.45, 7) is 5.58. The third-order valence-electron chi connectivity index (χ3n) is 3.95. The van der Waals surface area contributed by atoms with Crippen molar-refractivity contribution in [3.8, 4) is 0 Å². The van der Waals surface area contributed by atoms with Gasteiger partial charge in [-0.15, -0.1) is 0 Å². The molecule has 2 aromatic heterocycles. The molecule has 0 saturated carbocycles. The number of rotatable bonds is 4. The predicted octanol–water partition coefficient (Wildman–Crippen LogP) is 2.38. The van der Waals surface area contributed by atoms with Crippen LogP contribution in [0.5, 0.6) is 0 Å². The molecular weight excluding hydrogens is 236 g/mol. The van der Waals surface area contributed by atoms with Crippen molar-refractivity contribution in [1.29, 1.82) is 0 Å². The minimum atomic E-state index is 0.731. The number of fused-ring (bicyclic) bond motifs is 1. The van der Waals surface area contributed by atoms with E-state index in [1.165, 1.54) is 30.7 Å². The van der Waals surface area contributed by atoms with Crippen molar-refractivity contribution in [3.05, 3.63) is 24.3 Å². The Bertz CT molecular complexity index is 540. The molecule has 1 aliphatic rings. The van der Waals surface area contributed by atoms with Crippen LogP contribution in [0.1, 0.15) is 32.0 Å². The van der Waals surface area contributed by atoms with E-state index < -0.39 is 0 Å². The Morgan fingerprint density at radius 2 is 2.42 bits per heavy atom. The van der Waals surface area contributed by atoms with Gasteiger partial charge in [0.2, 0.25) is 0 Å². The van der Waals surface area contributed by atoms with Gasteiger partial charge in [-0.05, 0) is 44.3 Å². The standard InChI is InChI=1S/C15H22N4/c1-2-8-19-14-5-7-17-11-13(14)18-15(19)9-12-4-3-6-16-10-12/h5,7,11-12,16H,2-4,6,8-10H2,1H3. The lowest BCUT2D eigenvalue weighted by Crippen LogP contribution is -2.31. The second-order valence-corrected chi connectivity index (χ2v) is 5.46. The van der Waals surface area contributed by atoms with Crippen molar-refractivity contribution in [2.75, 3.05) is 13.1 Å². The Morgan fingerprint density at radius 3 is 3.21 bits per heavy atom. The molecule has 102 valence electrons. The zero-order chi connectivity index (χ0) is 13.1. The third-order valence-corrected chi connectivity index (χ3v) is 3.95. The second kappa shape index (κ2) is 5.70. The number of hydrogen-bond acceptors (Lipinski definition) is 3. The quantitative estimate of drug-likeness (QED) is 0.915. The Morgan fingerprint density at radius 1 is 1.47 bits per heavy atom. The molecule has 1 atom stereocenters. The van der Waals surface area contributed by atoms with Crippen LogP contribution in [-0.4, -0.2) is 27.6 Å². The average molecular weight is 258 g/mol. The number of hydrogen-bond donors (Lipinski definition) is 1. The number of piperidine rings is 1. The summed E-state index contributed by atoms with van der Waals surface area (Å²) in [5.74, 6) is 1.97. The molecule has 1 saturated heterocycles. The van der Waals surface area contributed by atoms with E-state index in [0.717, 1.165) is 37.4 Å². The third kappa shape index (κ3) is 2.63. The van der Waals surface area contributed by atoms with Gasteiger partial charge in [0.15, 0.2) is 0 Å². The van der Waals surface area contributed by atoms with Gasteiger partial charge in [-0.25, -0.2) is 4.98 Å². The van der Waals surface area contributed by atoms with E-state index >= 15 is 0 Å². The van der Waals surface area contributed by atoms with Crippen molar-refractivity contribution < 1.29 is 0 Å². The summed E-state index contributed by atoms with van der Waals surface area (Å²) in [7, 11) is 0. The fourth-order valence-electron chi connectivity index (χ4n) is 3.02. The van der Waals surface area contributed by atoms with Crippen LogP contribution in [0.3, 0.4) is 0 Å². The topological polar surface area (TPSA) is 42.7 Å². The van der Waals surface area contributed by atoms with Gasteiger partial charge in [-0.2, -0.15) is 0 Å². The molecule has 19 heavy (non-hydrogen) atoms. The van der Waals surface area contributed by atoms with Crippen LogP contribution in [0.25, 0.3) is 11.0 Å². The summed E-state index contributed by atoms with van der Waals surface area (Å²) in [6.07, 6.45) is 8.58. The molecule has 0 spiro atoms. The van der Waals surface area contributed by atoms with E-state index in [0.29, 0.717) is 0 Å². The first-order valence-electron chi connectivity index (χ1n) is 7.38. The zero-order valence-electron chi connectivity index (χ0n) is 11.6. The molecule has 4 heteroatoms. The highest BCUT2D eigenvalue weighted by molar-refractivity contribution is 5.74. The molecule has 1 unspecified atom stereocenters. The van der Waals surface area contributed by atoms with Crippen LogP contribution in [0.2, 0.25) is 0 Å². The molecule has 3 heterocycles. The van der Waals surface area contributed by atoms with Crippen LogP contribution >= 0.6 is 0 Å². The second-order valence-electron chi connectivity index (χ2n) is 5.46. The van der Waals surface area contributed by atoms with Crippen LogP contribution in [0, 0.1) is 5.92 Å². The molecule has 0 aromatic carbocycles. The molecule has 2 aromatic rings. The van der Waals surface area contributed by atoms with Gasteiger partial charge >= 0.3 is 0 Å². The van der Waals surface area contributed by atoms with Crippen molar-refractivity contribution >= 4 is 11.0 Å². The predicted molar refractivity (Wildman–Crippen MR) is 77.1 cm³/mol. The van der Waals surface area contributed by atoms with Crippen LogP contribution in [0.4, 0.5) is 0 Å². The SMILES string of the molecule is CCCn1c(CC2CCCNC2)nc2cnccc21. The lowest BCUT2D eigenvalue weighted by Gasteiger charge is -2.22. The van der Waals surface area contributed by atoms with Crippen LogP contribution < -0.4 is 5.32 Å². The maximum absolute atomic E-state index is 4.80. The molecule has 3 rings (SSSR count). The highest BCUT2D eigenvalue weighted by Crippen LogP contribution is 2.21. The van der Waals surface area contributed by atoms with E-state index in [2.05, 4.69) is 27.9 Å². The monoisotopic (exact) mass is 258 g/mol. The number of nitrogens with one attached hydrogen (secondary N) is 1. The number of pyridine rings is 1. The summed E-state index contributed by atoms with van der Waals surface area (Å²) in [4.78, 5) is 8.98. The Labute approximate surface area is 114 Å². The normalized spacial score (nSPS) is 19.9. The Balaban J connectivity index is 1.90. The molecule has 1 fully saturated rings. The number of imidazole rings is 1. The first kappa shape index (κ1) is 12.6. The maximum atomic E-state index is 4.80. The smallest absolute Gasteiger partial charge is 0.110 e. The van der Waals surface area contributed by atoms with Crippen LogP contribution in [-0.2, 0) is 13.0 Å². The van der Waals surface area contributed by atoms with Gasteiger partial charge in [0.25, 0.3) is 0 Å². The van der Waals surface area contributed by atoms with Gasteiger partial charge in [-0.1, -0.05) is 6.92 Å². The van der Waals surface area contributed by atoms with E-state index in [9.17, 15) is 0 Å². The van der Waals surface area contributed by atoms with Crippen LogP contribution in [0.15, 0.2) is 18.5 Å². The number of aromatic nitrogens is 3. The largest absolute Gasteiger partial charge is 0.328 e. The molecule has 0 aliphatic carbocycles. The summed E-state index contributed by atoms with van der Waals surface area (Å²) >= 11 is 0. The van der Waals surface area contributed by atoms with Gasteiger partial charge < -0.3 is 9.88 Å². The fraction of sp³-hybridized carbons (Fsp3) is 0.600. The molecule has 0 bridgehead atoms. The van der Waals surface area contributed by atoms with Crippen molar-refractivity contribution in [2.24, 2.45) is 5.92 Å². The molecule has 0 radical (unpaired) electrons. The van der Waals surface area contributed by atoms with E-state index in [1.807, 2.05) is 12.4 Å². The minimum absolute atomic E-state index is 0.731. The average Bonchev–Trinajstić information content (AvgIpc) is 2.79. The van der Waals surface area contributed by atoms with Gasteiger partial charge in [0, 0.05) is 19.2 Å². The first-order valence-corrected chi connectivity index (χ1v) is 7.38. The summed E-state index contributed by atoms with van der Waals surface area (Å²) in [6, 6.07) is 2.08. The summed E-state index contributed by atoms with van der Waals surface area (Å²) in [5.41, 5.74) is 2.27. The van der Waals surface area contributed by atoms with E-state index in [4.69, 9.17) is 4.98 Å². The highest BCUT2D eigenvalue weighted by Gasteiger charge is 2.18. The number of nitrogens with zero attached hydrogens (tertiary/aromatic N) is 3. The van der Waals surface area contributed by atoms with Gasteiger partial charge in [-0.3, -0.25) is 4.98 Å². The van der Waals surface area contributed by atoms with Gasteiger partial charge in [0.05, 0.1) is 11.7 Å². The first-order chi connectivity index (χ1) is 9.38. The molecule has 4 nitrogen and oxygen atoms in total. The summed E-state index contributed by atoms with van der Waals surface area (Å²) in [5, 5.41) is 3.49. The minimum Gasteiger partial charge on any atom is -0.328 e. The van der Waals surface area contributed by atoms with Crippen molar-refractivity contribution in [1.82, 2.24) is 19.9 Å². The fourth-order valence-corrected chi connectivity index (χ4v) is 3.02. The van der Waals surface area contributed by atoms with Crippen molar-refractivity contribution in [3.63, 3.8) is 0 Å². The lowest BCUT2D eigenvalue weighted by molar-refractivity contribution is 0.366. The molecule has 1 aliphatic heterocycles. The molecular formula is C15H22N4. The van der Waals surface area contributed by atoms with E-state index in [-0.39, 0.29) is 0 Å². The number of aryl methyl sites for hydroxylation is 1. The zero-order valence-corrected chi connectivity index (χ0v) is 11.6. The van der Waals surface area contributed by atoms with Crippen molar-refractivity contribution in [2.45, 2.75) is 39.2 Å².